The molecule has 19 heteroatoms. The molecule has 0 amide bonds. The Morgan fingerprint density at radius 1 is 0.450 bits per heavy atom. The van der Waals surface area contributed by atoms with Crippen LogP contribution < -0.4 is 0 Å². The number of nitrogens with one attached hydrogen (secondary N) is 3. The van der Waals surface area contributed by atoms with Gasteiger partial charge in [-0.15, -0.1) is 15.3 Å². The van der Waals surface area contributed by atoms with Crippen LogP contribution in [0, 0.1) is 59.2 Å². The fraction of sp³-hybridized carbons (Fsp3) is 0.545. The van der Waals surface area contributed by atoms with Gasteiger partial charge in [-0.2, -0.15) is 20.4 Å². The summed E-state index contributed by atoms with van der Waals surface area (Å²) in [6.45, 7) is 68.4. The number of aromatic amines is 3. The zero-order valence-electron chi connectivity index (χ0n) is 79.9. The van der Waals surface area contributed by atoms with Crippen LogP contribution >= 0.6 is 0 Å². The van der Waals surface area contributed by atoms with Crippen molar-refractivity contribution in [1.29, 1.82) is 0 Å². The maximum absolute atomic E-state index is 4.24. The first kappa shape index (κ1) is 108. The molecule has 0 aromatic carbocycles. The number of rotatable bonds is 15. The third-order valence-corrected chi connectivity index (χ3v) is 19.3. The van der Waals surface area contributed by atoms with Crippen molar-refractivity contribution < 1.29 is 0 Å². The van der Waals surface area contributed by atoms with Gasteiger partial charge in [0.1, 0.15) is 19.2 Å². The monoisotopic (exact) mass is 1640 g/mol. The zero-order chi connectivity index (χ0) is 89.7. The van der Waals surface area contributed by atoms with Gasteiger partial charge < -0.3 is 19.1 Å². The molecule has 3 N–H and O–H groups in total. The van der Waals surface area contributed by atoms with E-state index in [1.165, 1.54) is 68.5 Å². The molecule has 0 saturated carbocycles. The van der Waals surface area contributed by atoms with E-state index in [-0.39, 0.29) is 0 Å². The maximum atomic E-state index is 4.24. The van der Waals surface area contributed by atoms with Gasteiger partial charge in [0.25, 0.3) is 0 Å². The molecule has 0 saturated heterocycles. The molecule has 0 spiro atoms. The number of aliphatic imine (C=N–C) groups is 6. The lowest BCUT2D eigenvalue weighted by atomic mass is 10.0. The first-order valence-corrected chi connectivity index (χ1v) is 44.3. The van der Waals surface area contributed by atoms with Crippen molar-refractivity contribution in [1.82, 2.24) is 39.5 Å². The molecule has 0 fully saturated rings. The average Bonchev–Trinajstić information content (AvgIpc) is 2.02. The van der Waals surface area contributed by atoms with Crippen LogP contribution in [0.15, 0.2) is 261 Å². The highest BCUT2D eigenvalue weighted by atomic mass is 15.4. The Hall–Kier alpha value is -9.78. The van der Waals surface area contributed by atoms with Crippen LogP contribution in [0.5, 0.6) is 0 Å². The molecule has 0 atom stereocenters. The van der Waals surface area contributed by atoms with Crippen LogP contribution in [-0.2, 0) is 0 Å². The Balaban J connectivity index is 0.000000643. The Kier molecular flexibility index (Phi) is 58.7. The number of allylic oxidation sites excluding steroid dienone is 15. The lowest BCUT2D eigenvalue weighted by Crippen LogP contribution is -2.07. The minimum Gasteiger partial charge on any atom is -0.367 e. The van der Waals surface area contributed by atoms with Gasteiger partial charge in [0, 0.05) is 153 Å². The lowest BCUT2D eigenvalue weighted by molar-refractivity contribution is 0.597. The van der Waals surface area contributed by atoms with Gasteiger partial charge in [-0.05, 0) is 199 Å². The summed E-state index contributed by atoms with van der Waals surface area (Å²) in [6.07, 6.45) is 61.2. The summed E-state index contributed by atoms with van der Waals surface area (Å²) in [6, 6.07) is 13.4. The summed E-state index contributed by atoms with van der Waals surface area (Å²) in [5, 5.41) is 32.7. The van der Waals surface area contributed by atoms with Gasteiger partial charge in [0.05, 0.1) is 25.3 Å². The van der Waals surface area contributed by atoms with Crippen molar-refractivity contribution in [3.8, 4) is 0 Å². The van der Waals surface area contributed by atoms with Crippen molar-refractivity contribution in [3.05, 3.63) is 222 Å². The summed E-state index contributed by atoms with van der Waals surface area (Å²) in [4.78, 5) is 30.9. The molecule has 8 aliphatic heterocycles. The van der Waals surface area contributed by atoms with E-state index >= 15 is 0 Å². The maximum Gasteiger partial charge on any atom is 0.119 e. The Labute approximate surface area is 728 Å². The number of H-pyrrole nitrogens is 3. The van der Waals surface area contributed by atoms with E-state index in [4.69, 9.17) is 0 Å². The highest BCUT2D eigenvalue weighted by Crippen LogP contribution is 2.21. The van der Waals surface area contributed by atoms with E-state index in [0.29, 0.717) is 89.6 Å². The Morgan fingerprint density at radius 2 is 1.11 bits per heavy atom. The normalized spacial score (nSPS) is 15.2. The van der Waals surface area contributed by atoms with Crippen molar-refractivity contribution in [2.75, 3.05) is 26.2 Å². The SMILES string of the molecule is CC(C)C1=CC=CC1.CC(C)C1=CC=NC1.CC(C)C1=CCC=C1.CC(C)C1=CCC=N1.CC(C)C1=CCN=C1.CC(C)C1=CN=CC1.CC(C)C1=NC=CC1.CC(C)C1=NCC=C1.CC(C)C1=NN=CC1.CC(C)C1=NN=NC1.CC(C)c1cc[nH]c1.CC(C)c1ccc[nH]1.CC(C)c1ccn[nH]1.CC(C)n1cccc1.CC(C)n1cnnc1. The summed E-state index contributed by atoms with van der Waals surface area (Å²) in [5.41, 5.74) is 17.3. The highest BCUT2D eigenvalue weighted by molar-refractivity contribution is 5.99. The van der Waals surface area contributed by atoms with Crippen LogP contribution in [-0.4, -0.2) is 120 Å². The van der Waals surface area contributed by atoms with Crippen molar-refractivity contribution >= 4 is 53.9 Å². The molecule has 5 aromatic heterocycles. The van der Waals surface area contributed by atoms with Gasteiger partial charge in [0.2, 0.25) is 0 Å². The molecule has 0 unspecified atom stereocenters. The predicted molar refractivity (Wildman–Crippen MR) is 525 cm³/mol. The molecule has 0 bridgehead atoms. The van der Waals surface area contributed by atoms with Crippen LogP contribution in [0.3, 0.4) is 0 Å². The Morgan fingerprint density at radius 3 is 1.36 bits per heavy atom. The molecular formula is C101H161N19. The summed E-state index contributed by atoms with van der Waals surface area (Å²) in [7, 11) is 0. The van der Waals surface area contributed by atoms with Crippen molar-refractivity contribution in [2.24, 2.45) is 115 Å². The second-order valence-corrected chi connectivity index (χ2v) is 34.5. The Bertz CT molecular complexity index is 3470. The van der Waals surface area contributed by atoms with Crippen molar-refractivity contribution in [2.45, 2.75) is 276 Å². The number of aromatic nitrogens is 8. The zero-order valence-corrected chi connectivity index (χ0v) is 79.9. The quantitative estimate of drug-likeness (QED) is 0.0929. The van der Waals surface area contributed by atoms with E-state index in [0.717, 1.165) is 63.4 Å². The van der Waals surface area contributed by atoms with Crippen molar-refractivity contribution in [3.63, 3.8) is 0 Å². The largest absolute Gasteiger partial charge is 0.367 e. The fourth-order valence-corrected chi connectivity index (χ4v) is 10.6. The second kappa shape index (κ2) is 65.1. The molecule has 2 aliphatic carbocycles. The first-order chi connectivity index (χ1) is 57.1. The minimum absolute atomic E-state index is 0.477. The van der Waals surface area contributed by atoms with Gasteiger partial charge in [-0.3, -0.25) is 35.1 Å². The van der Waals surface area contributed by atoms with Gasteiger partial charge >= 0.3 is 0 Å². The van der Waals surface area contributed by atoms with E-state index in [2.05, 4.69) is 396 Å². The smallest absolute Gasteiger partial charge is 0.119 e. The molecule has 13 heterocycles. The molecule has 120 heavy (non-hydrogen) atoms. The molecule has 660 valence electrons. The standard InChI is InChI=1S/2C8H12.9C7H11N.2C6H10N2.2C5H9N3/c2*1-7(2)8-5-3-4-6-8;4*1-6(2)7-3-4-8-5-7;1-7(2)8-5-3-4-6-8;4*1-6(2)7-4-3-5-8-7;2*1-5(2)6-3-4-7-8-6;1-5(2)8-3-6-7-4-8;1-4(2)5-3-6-8-7-5/h3,5-7H,4H2,1-2H3;3-5,7H,6H2,1-2H3;4-6H,3H2,1-2H3;3,5-6H,4H2,1-2H3;3-4,6H,5H2,1-2H3;3-6,8H,1-2H3;3-7H,1-2H3;4-6H,3H2,1-2H3;3,5-6H,4H2,1-2H3;3-4,6H,5H2,1-2H3;3-6,8H,1-2H3;4-5H,3H2,1-2H3;3-5H,1-2H3,(H,7,8);3-5H,1-2H3;4H,3H2,1-2H3. The molecule has 10 aliphatic rings. The third-order valence-electron chi connectivity index (χ3n) is 19.3. The summed E-state index contributed by atoms with van der Waals surface area (Å²) >= 11 is 0. The number of hydrogen-bond acceptors (Lipinski definition) is 14. The summed E-state index contributed by atoms with van der Waals surface area (Å²) in [5.74, 6) is 8.23. The van der Waals surface area contributed by atoms with Crippen LogP contribution in [0.25, 0.3) is 0 Å². The predicted octanol–water partition coefficient (Wildman–Crippen LogP) is 27.7. The molecular weight excluding hydrogens is 1480 g/mol. The lowest BCUT2D eigenvalue weighted by Gasteiger charge is -2.03. The van der Waals surface area contributed by atoms with E-state index in [1.807, 2.05) is 90.9 Å². The van der Waals surface area contributed by atoms with Crippen LogP contribution in [0.4, 0.5) is 0 Å². The van der Waals surface area contributed by atoms with Gasteiger partial charge in [-0.25, -0.2) is 0 Å². The average molecular weight is 1640 g/mol. The molecule has 19 nitrogen and oxygen atoms in total. The summed E-state index contributed by atoms with van der Waals surface area (Å²) < 4.78 is 4.11. The molecule has 5 aromatic rings. The van der Waals surface area contributed by atoms with Gasteiger partial charge in [0.15, 0.2) is 0 Å². The second-order valence-electron chi connectivity index (χ2n) is 34.5. The number of nitrogens with zero attached hydrogens (tertiary/aromatic N) is 16. The molecule has 0 radical (unpaired) electrons. The van der Waals surface area contributed by atoms with Gasteiger partial charge in [-0.1, -0.05) is 246 Å². The first-order valence-electron chi connectivity index (χ1n) is 44.3. The van der Waals surface area contributed by atoms with Crippen LogP contribution in [0.2, 0.25) is 0 Å². The number of hydrogen-bond donors (Lipinski definition) is 3. The van der Waals surface area contributed by atoms with Crippen LogP contribution in [0.1, 0.15) is 293 Å². The van der Waals surface area contributed by atoms with E-state index in [1.54, 1.807) is 24.4 Å². The van der Waals surface area contributed by atoms with E-state index in [9.17, 15) is 0 Å². The topological polar surface area (TPSA) is 232 Å². The third kappa shape index (κ3) is 51.6. The minimum atomic E-state index is 0.477. The fourth-order valence-electron chi connectivity index (χ4n) is 10.6. The van der Waals surface area contributed by atoms with E-state index < -0.39 is 0 Å². The molecule has 15 rings (SSSR count). The highest BCUT2D eigenvalue weighted by Gasteiger charge is 2.11.